The predicted molar refractivity (Wildman–Crippen MR) is 116 cm³/mol. The van der Waals surface area contributed by atoms with Crippen LogP contribution in [-0.4, -0.2) is 75.4 Å². The minimum Gasteiger partial charge on any atom is -0.381 e. The first-order valence-corrected chi connectivity index (χ1v) is 9.48. The minimum absolute atomic E-state index is 0. The molecule has 0 saturated carbocycles. The molecule has 1 unspecified atom stereocenters. The van der Waals surface area contributed by atoms with E-state index in [2.05, 4.69) is 46.6 Å². The van der Waals surface area contributed by atoms with E-state index >= 15 is 0 Å². The molecule has 7 heteroatoms. The van der Waals surface area contributed by atoms with Crippen molar-refractivity contribution in [3.05, 3.63) is 0 Å². The van der Waals surface area contributed by atoms with Crippen molar-refractivity contribution in [2.24, 2.45) is 10.9 Å². The Kier molecular flexibility index (Phi) is 10.6. The van der Waals surface area contributed by atoms with Crippen molar-refractivity contribution < 1.29 is 4.74 Å². The van der Waals surface area contributed by atoms with Gasteiger partial charge in [0, 0.05) is 58.0 Å². The van der Waals surface area contributed by atoms with Crippen LogP contribution in [-0.2, 0) is 4.74 Å². The van der Waals surface area contributed by atoms with E-state index in [4.69, 9.17) is 4.74 Å². The molecule has 0 aromatic carbocycles. The summed E-state index contributed by atoms with van der Waals surface area (Å²) in [6, 6.07) is 0.530. The van der Waals surface area contributed by atoms with E-state index in [0.29, 0.717) is 6.04 Å². The Morgan fingerprint density at radius 1 is 1.16 bits per heavy atom. The molecular formula is C18H38IN5O. The van der Waals surface area contributed by atoms with Crippen LogP contribution in [0.25, 0.3) is 0 Å². The lowest BCUT2D eigenvalue weighted by Crippen LogP contribution is -2.50. The monoisotopic (exact) mass is 467 g/mol. The molecule has 2 saturated heterocycles. The molecule has 0 aliphatic carbocycles. The van der Waals surface area contributed by atoms with Crippen molar-refractivity contribution in [1.82, 2.24) is 20.9 Å². The van der Waals surface area contributed by atoms with Crippen molar-refractivity contribution >= 4 is 29.9 Å². The van der Waals surface area contributed by atoms with Gasteiger partial charge in [-0.15, -0.1) is 24.0 Å². The summed E-state index contributed by atoms with van der Waals surface area (Å²) in [5.41, 5.74) is 0.163. The maximum atomic E-state index is 5.49. The molecule has 0 spiro atoms. The Labute approximate surface area is 170 Å². The van der Waals surface area contributed by atoms with Crippen molar-refractivity contribution in [2.45, 2.75) is 51.6 Å². The van der Waals surface area contributed by atoms with Gasteiger partial charge in [-0.3, -0.25) is 4.99 Å². The van der Waals surface area contributed by atoms with E-state index in [9.17, 15) is 0 Å². The molecule has 0 bridgehead atoms. The number of halogens is 1. The van der Waals surface area contributed by atoms with E-state index < -0.39 is 0 Å². The molecule has 2 fully saturated rings. The molecular weight excluding hydrogens is 429 g/mol. The number of guanidine groups is 1. The van der Waals surface area contributed by atoms with Crippen LogP contribution in [0.1, 0.15) is 40.0 Å². The van der Waals surface area contributed by atoms with E-state index in [0.717, 1.165) is 38.2 Å². The molecule has 2 aliphatic heterocycles. The number of aliphatic imine (C=N–C) groups is 1. The summed E-state index contributed by atoms with van der Waals surface area (Å²) in [6.07, 6.45) is 3.61. The summed E-state index contributed by atoms with van der Waals surface area (Å²) in [4.78, 5) is 6.95. The standard InChI is InChI=1S/C18H37N5O.HI/c1-18(2,3)21-9-8-20-17(19-4)22-16-5-10-23(11-6-16)13-15-7-12-24-14-15;/h15-16,21H,5-14H2,1-4H3,(H2,19,20,22);1H. The zero-order valence-electron chi connectivity index (χ0n) is 16.4. The highest BCUT2D eigenvalue weighted by Crippen LogP contribution is 2.17. The average Bonchev–Trinajstić information content (AvgIpc) is 3.04. The van der Waals surface area contributed by atoms with Gasteiger partial charge in [-0.05, 0) is 46.0 Å². The lowest BCUT2D eigenvalue weighted by Gasteiger charge is -2.34. The lowest BCUT2D eigenvalue weighted by molar-refractivity contribution is 0.150. The number of nitrogens with one attached hydrogen (secondary N) is 3. The average molecular weight is 467 g/mol. The van der Waals surface area contributed by atoms with Crippen LogP contribution in [0.2, 0.25) is 0 Å². The summed E-state index contributed by atoms with van der Waals surface area (Å²) in [5, 5.41) is 10.5. The molecule has 3 N–H and O–H groups in total. The van der Waals surface area contributed by atoms with Crippen LogP contribution >= 0.6 is 24.0 Å². The molecule has 1 atom stereocenters. The molecule has 0 radical (unpaired) electrons. The largest absolute Gasteiger partial charge is 0.381 e. The fourth-order valence-electron chi connectivity index (χ4n) is 3.36. The maximum absolute atomic E-state index is 5.49. The van der Waals surface area contributed by atoms with E-state index in [1.54, 1.807) is 0 Å². The normalized spacial score (nSPS) is 23.4. The fraction of sp³-hybridized carbons (Fsp3) is 0.944. The minimum atomic E-state index is 0. The van der Waals surface area contributed by atoms with Gasteiger partial charge < -0.3 is 25.6 Å². The van der Waals surface area contributed by atoms with Crippen LogP contribution in [0.4, 0.5) is 0 Å². The summed E-state index contributed by atoms with van der Waals surface area (Å²) >= 11 is 0. The highest BCUT2D eigenvalue weighted by Gasteiger charge is 2.24. The number of hydrogen-bond acceptors (Lipinski definition) is 4. The highest BCUT2D eigenvalue weighted by molar-refractivity contribution is 14.0. The SMILES string of the molecule is CN=C(NCCNC(C)(C)C)NC1CCN(CC2CCOC2)CC1.I. The van der Waals surface area contributed by atoms with Gasteiger partial charge >= 0.3 is 0 Å². The third kappa shape index (κ3) is 9.40. The van der Waals surface area contributed by atoms with Crippen LogP contribution < -0.4 is 16.0 Å². The van der Waals surface area contributed by atoms with Crippen molar-refractivity contribution in [1.29, 1.82) is 0 Å². The topological polar surface area (TPSA) is 60.9 Å². The van der Waals surface area contributed by atoms with Gasteiger partial charge in [0.2, 0.25) is 0 Å². The first-order valence-electron chi connectivity index (χ1n) is 9.48. The fourth-order valence-corrected chi connectivity index (χ4v) is 3.36. The third-order valence-corrected chi connectivity index (χ3v) is 4.77. The van der Waals surface area contributed by atoms with Crippen molar-refractivity contribution in [2.75, 3.05) is 53.0 Å². The van der Waals surface area contributed by atoms with Crippen LogP contribution in [0.15, 0.2) is 4.99 Å². The van der Waals surface area contributed by atoms with Crippen molar-refractivity contribution in [3.63, 3.8) is 0 Å². The number of likely N-dealkylation sites (tertiary alicyclic amines) is 1. The highest BCUT2D eigenvalue weighted by atomic mass is 127. The Hall–Kier alpha value is -0.120. The molecule has 2 aliphatic rings. The van der Waals surface area contributed by atoms with Gasteiger partial charge in [-0.1, -0.05) is 0 Å². The number of hydrogen-bond donors (Lipinski definition) is 3. The maximum Gasteiger partial charge on any atom is 0.191 e. The zero-order chi connectivity index (χ0) is 17.4. The molecule has 2 rings (SSSR count). The van der Waals surface area contributed by atoms with E-state index in [1.807, 2.05) is 7.05 Å². The van der Waals surface area contributed by atoms with Gasteiger partial charge in [0.25, 0.3) is 0 Å². The summed E-state index contributed by atoms with van der Waals surface area (Å²) in [5.74, 6) is 1.67. The van der Waals surface area contributed by atoms with E-state index in [1.165, 1.54) is 38.9 Å². The molecule has 148 valence electrons. The number of rotatable bonds is 6. The van der Waals surface area contributed by atoms with Gasteiger partial charge in [0.05, 0.1) is 6.61 Å². The summed E-state index contributed by atoms with van der Waals surface area (Å²) in [6.45, 7) is 13.9. The third-order valence-electron chi connectivity index (χ3n) is 4.77. The second kappa shape index (κ2) is 11.6. The van der Waals surface area contributed by atoms with Gasteiger partial charge in [0.1, 0.15) is 0 Å². The smallest absolute Gasteiger partial charge is 0.191 e. The summed E-state index contributed by atoms with van der Waals surface area (Å²) < 4.78 is 5.49. The van der Waals surface area contributed by atoms with E-state index in [-0.39, 0.29) is 29.5 Å². The van der Waals surface area contributed by atoms with Crippen LogP contribution in [0.5, 0.6) is 0 Å². The second-order valence-electron chi connectivity index (χ2n) is 8.12. The molecule has 0 aromatic rings. The quantitative estimate of drug-likeness (QED) is 0.240. The Morgan fingerprint density at radius 2 is 1.88 bits per heavy atom. The van der Waals surface area contributed by atoms with Gasteiger partial charge in [-0.25, -0.2) is 0 Å². The molecule has 2 heterocycles. The Morgan fingerprint density at radius 3 is 2.44 bits per heavy atom. The molecule has 0 aromatic heterocycles. The zero-order valence-corrected chi connectivity index (χ0v) is 18.8. The number of ether oxygens (including phenoxy) is 1. The molecule has 25 heavy (non-hydrogen) atoms. The van der Waals surface area contributed by atoms with Crippen LogP contribution in [0, 0.1) is 5.92 Å². The number of piperidine rings is 1. The second-order valence-corrected chi connectivity index (χ2v) is 8.12. The molecule has 0 amide bonds. The van der Waals surface area contributed by atoms with Gasteiger partial charge in [0.15, 0.2) is 5.96 Å². The van der Waals surface area contributed by atoms with Gasteiger partial charge in [-0.2, -0.15) is 0 Å². The first kappa shape index (κ1) is 22.9. The van der Waals surface area contributed by atoms with Crippen molar-refractivity contribution in [3.8, 4) is 0 Å². The Balaban J connectivity index is 0.00000312. The first-order chi connectivity index (χ1) is 11.5. The molecule has 6 nitrogen and oxygen atoms in total. The number of nitrogens with zero attached hydrogens (tertiary/aromatic N) is 2. The lowest BCUT2D eigenvalue weighted by atomic mass is 10.0. The Bertz CT molecular complexity index is 385. The summed E-state index contributed by atoms with van der Waals surface area (Å²) in [7, 11) is 1.85. The predicted octanol–water partition coefficient (Wildman–Crippen LogP) is 1.66. The van der Waals surface area contributed by atoms with Crippen LogP contribution in [0.3, 0.4) is 0 Å².